The van der Waals surface area contributed by atoms with Gasteiger partial charge >= 0.3 is 0 Å². The Labute approximate surface area is 102 Å². The van der Waals surface area contributed by atoms with Crippen molar-refractivity contribution in [3.63, 3.8) is 0 Å². The molecule has 0 spiro atoms. The Balaban J connectivity index is 1.90. The zero-order valence-electron chi connectivity index (χ0n) is 10.1. The van der Waals surface area contributed by atoms with Gasteiger partial charge in [0.1, 0.15) is 0 Å². The zero-order valence-corrected chi connectivity index (χ0v) is 10.1. The lowest BCUT2D eigenvalue weighted by Gasteiger charge is -2.45. The minimum absolute atomic E-state index is 0.0278. The molecule has 2 rings (SSSR count). The Kier molecular flexibility index (Phi) is 3.78. The van der Waals surface area contributed by atoms with Crippen molar-refractivity contribution in [3.8, 4) is 6.07 Å². The van der Waals surface area contributed by atoms with Crippen LogP contribution in [0.2, 0.25) is 0 Å². The van der Waals surface area contributed by atoms with Crippen molar-refractivity contribution in [3.05, 3.63) is 40.6 Å². The molecule has 3 heteroatoms. The van der Waals surface area contributed by atoms with Gasteiger partial charge in [0.25, 0.3) is 0 Å². The van der Waals surface area contributed by atoms with Gasteiger partial charge in [-0.05, 0) is 37.0 Å². The van der Waals surface area contributed by atoms with Crippen LogP contribution in [0.1, 0.15) is 30.4 Å². The van der Waals surface area contributed by atoms with Crippen LogP contribution in [0.5, 0.6) is 0 Å². The van der Waals surface area contributed by atoms with Crippen LogP contribution in [-0.2, 0) is 6.42 Å². The van der Waals surface area contributed by atoms with Crippen LogP contribution < -0.4 is 0 Å². The largest absolute Gasteiger partial charge is 0.633 e. The molecule has 1 aromatic carbocycles. The summed E-state index contributed by atoms with van der Waals surface area (Å²) in [6.07, 6.45) is 4.15. The van der Waals surface area contributed by atoms with Gasteiger partial charge in [-0.25, -0.2) is 0 Å². The number of hydrogen-bond donors (Lipinski definition) is 0. The highest BCUT2D eigenvalue weighted by Crippen LogP contribution is 2.18. The molecule has 1 fully saturated rings. The lowest BCUT2D eigenvalue weighted by atomic mass is 10.1. The van der Waals surface area contributed by atoms with Gasteiger partial charge in [-0.2, -0.15) is 5.26 Å². The quantitative estimate of drug-likeness (QED) is 0.592. The summed E-state index contributed by atoms with van der Waals surface area (Å²) >= 11 is 0. The normalized spacial score (nSPS) is 18.6. The van der Waals surface area contributed by atoms with Gasteiger partial charge in [-0.1, -0.05) is 12.1 Å². The molecule has 1 heterocycles. The summed E-state index contributed by atoms with van der Waals surface area (Å²) in [6, 6.07) is 9.65. The maximum Gasteiger partial charge on any atom is 0.0991 e. The lowest BCUT2D eigenvalue weighted by Crippen LogP contribution is -2.47. The predicted molar refractivity (Wildman–Crippen MR) is 66.9 cm³/mol. The third kappa shape index (κ3) is 3.29. The van der Waals surface area contributed by atoms with Crippen LogP contribution in [0, 0.1) is 16.5 Å². The Hall–Kier alpha value is -1.37. The number of benzene rings is 1. The molecule has 3 nitrogen and oxygen atoms in total. The molecule has 0 aromatic heterocycles. The Bertz CT molecular complexity index is 399. The van der Waals surface area contributed by atoms with E-state index in [1.165, 1.54) is 6.42 Å². The Morgan fingerprint density at radius 2 is 1.76 bits per heavy atom. The third-order valence-electron chi connectivity index (χ3n) is 3.52. The van der Waals surface area contributed by atoms with E-state index in [4.69, 9.17) is 5.26 Å². The van der Waals surface area contributed by atoms with E-state index in [0.29, 0.717) is 12.1 Å². The fourth-order valence-electron chi connectivity index (χ4n) is 2.39. The van der Waals surface area contributed by atoms with Gasteiger partial charge in [0.15, 0.2) is 0 Å². The molecule has 0 unspecified atom stereocenters. The first-order chi connectivity index (χ1) is 8.22. The molecular formula is C14H18N2O. The van der Waals surface area contributed by atoms with Crippen LogP contribution in [0.15, 0.2) is 24.3 Å². The predicted octanol–water partition coefficient (Wildman–Crippen LogP) is 2.60. The maximum atomic E-state index is 12.3. The van der Waals surface area contributed by atoms with Gasteiger partial charge in [0.05, 0.1) is 31.3 Å². The number of hydrogen-bond acceptors (Lipinski definition) is 2. The minimum atomic E-state index is -0.0278. The fourth-order valence-corrected chi connectivity index (χ4v) is 2.39. The average molecular weight is 230 g/mol. The van der Waals surface area contributed by atoms with Crippen LogP contribution in [0.3, 0.4) is 0 Å². The molecule has 90 valence electrons. The molecule has 1 aliphatic rings. The number of rotatable bonds is 3. The second-order valence-corrected chi connectivity index (χ2v) is 4.85. The van der Waals surface area contributed by atoms with Crippen molar-refractivity contribution in [1.82, 2.24) is 0 Å². The lowest BCUT2D eigenvalue weighted by molar-refractivity contribution is -0.885. The standard InChI is InChI=1S/C14H18N2O/c15-12-14-6-4-13(5-7-14)8-11-16(17)9-2-1-3-10-16/h4-7H,1-3,8-11H2. The zero-order chi connectivity index (χ0) is 12.1. The maximum absolute atomic E-state index is 12.3. The molecule has 1 saturated heterocycles. The smallest absolute Gasteiger partial charge is 0.0991 e. The van der Waals surface area contributed by atoms with E-state index in [9.17, 15) is 5.21 Å². The number of nitrogens with zero attached hydrogens (tertiary/aromatic N) is 2. The van der Waals surface area contributed by atoms with Crippen molar-refractivity contribution in [2.24, 2.45) is 0 Å². The van der Waals surface area contributed by atoms with Gasteiger partial charge in [0.2, 0.25) is 0 Å². The van der Waals surface area contributed by atoms with Crippen LogP contribution in [0.4, 0.5) is 0 Å². The monoisotopic (exact) mass is 230 g/mol. The summed E-state index contributed by atoms with van der Waals surface area (Å²) in [7, 11) is 0. The van der Waals surface area contributed by atoms with Gasteiger partial charge < -0.3 is 9.85 Å². The van der Waals surface area contributed by atoms with E-state index in [2.05, 4.69) is 6.07 Å². The van der Waals surface area contributed by atoms with Crippen molar-refractivity contribution in [2.75, 3.05) is 19.6 Å². The highest BCUT2D eigenvalue weighted by atomic mass is 16.5. The summed E-state index contributed by atoms with van der Waals surface area (Å²) in [6.45, 7) is 2.22. The summed E-state index contributed by atoms with van der Waals surface area (Å²) in [4.78, 5) is 0. The number of nitriles is 1. The fraction of sp³-hybridized carbons (Fsp3) is 0.500. The van der Waals surface area contributed by atoms with E-state index in [-0.39, 0.29) is 4.65 Å². The third-order valence-corrected chi connectivity index (χ3v) is 3.52. The van der Waals surface area contributed by atoms with Gasteiger partial charge in [0, 0.05) is 6.42 Å². The van der Waals surface area contributed by atoms with Crippen molar-refractivity contribution < 1.29 is 4.65 Å². The van der Waals surface area contributed by atoms with Crippen LogP contribution in [-0.4, -0.2) is 24.3 Å². The van der Waals surface area contributed by atoms with Crippen molar-refractivity contribution >= 4 is 0 Å². The first kappa shape index (κ1) is 12.1. The first-order valence-corrected chi connectivity index (χ1v) is 6.28. The SMILES string of the molecule is N#Cc1ccc(CC[N+]2([O-])CCCCC2)cc1. The van der Waals surface area contributed by atoms with E-state index in [0.717, 1.165) is 37.9 Å². The summed E-state index contributed by atoms with van der Waals surface area (Å²) < 4.78 is -0.0278. The second-order valence-electron chi connectivity index (χ2n) is 4.85. The van der Waals surface area contributed by atoms with E-state index < -0.39 is 0 Å². The molecule has 17 heavy (non-hydrogen) atoms. The number of hydroxylamine groups is 3. The summed E-state index contributed by atoms with van der Waals surface area (Å²) in [5.74, 6) is 0. The topological polar surface area (TPSA) is 46.8 Å². The number of piperidine rings is 1. The number of quaternary nitrogens is 1. The van der Waals surface area contributed by atoms with Crippen molar-refractivity contribution in [2.45, 2.75) is 25.7 Å². The summed E-state index contributed by atoms with van der Waals surface area (Å²) in [5.41, 5.74) is 1.83. The molecule has 0 aliphatic carbocycles. The molecule has 0 atom stereocenters. The van der Waals surface area contributed by atoms with Gasteiger partial charge in [-0.3, -0.25) is 0 Å². The molecule has 0 amide bonds. The molecule has 0 N–H and O–H groups in total. The van der Waals surface area contributed by atoms with E-state index in [1.807, 2.05) is 24.3 Å². The van der Waals surface area contributed by atoms with Crippen molar-refractivity contribution in [1.29, 1.82) is 5.26 Å². The molecule has 0 bridgehead atoms. The molecule has 1 aliphatic heterocycles. The van der Waals surface area contributed by atoms with Gasteiger partial charge in [-0.15, -0.1) is 0 Å². The van der Waals surface area contributed by atoms with Crippen LogP contribution in [0.25, 0.3) is 0 Å². The summed E-state index contributed by atoms with van der Waals surface area (Å²) in [5, 5.41) is 21.0. The minimum Gasteiger partial charge on any atom is -0.633 e. The number of likely N-dealkylation sites (tertiary alicyclic amines) is 1. The highest BCUT2D eigenvalue weighted by Gasteiger charge is 2.20. The molecule has 0 saturated carbocycles. The van der Waals surface area contributed by atoms with E-state index in [1.54, 1.807) is 0 Å². The van der Waals surface area contributed by atoms with E-state index >= 15 is 0 Å². The molecule has 1 aromatic rings. The molecular weight excluding hydrogens is 212 g/mol. The molecule has 0 radical (unpaired) electrons. The highest BCUT2D eigenvalue weighted by molar-refractivity contribution is 5.31. The Morgan fingerprint density at radius 3 is 2.35 bits per heavy atom. The first-order valence-electron chi connectivity index (χ1n) is 6.28. The average Bonchev–Trinajstić information content (AvgIpc) is 2.38. The second kappa shape index (κ2) is 5.31. The Morgan fingerprint density at radius 1 is 1.12 bits per heavy atom. The van der Waals surface area contributed by atoms with Crippen LogP contribution >= 0.6 is 0 Å².